The number of nitrogens with one attached hydrogen (secondary N) is 1. The number of likely N-dealkylation sites (N-methyl/N-ethyl adjacent to an activating group) is 1. The number of hydrogen-bond donors (Lipinski definition) is 6. The highest BCUT2D eigenvalue weighted by atomic mass is 19.1. The van der Waals surface area contributed by atoms with Gasteiger partial charge in [0.25, 0.3) is 5.91 Å². The van der Waals surface area contributed by atoms with Crippen LogP contribution in [-0.2, 0) is 22.6 Å². The Balaban J connectivity index is 1.72. The maximum atomic E-state index is 14.3. The molecule has 0 spiro atoms. The van der Waals surface area contributed by atoms with E-state index in [2.05, 4.69) is 10.3 Å². The number of phenolic OH excluding ortho intramolecular Hbond substituents is 1. The van der Waals surface area contributed by atoms with Gasteiger partial charge in [0, 0.05) is 47.5 Å². The molecule has 1 amide bonds. The van der Waals surface area contributed by atoms with Crippen LogP contribution in [0.4, 0.5) is 4.39 Å². The fourth-order valence-electron chi connectivity index (χ4n) is 6.77. The molecule has 1 aromatic carbocycles. The number of nitrogens with two attached hydrogens (primary N) is 1. The number of methoxy groups -OCH3 is 1. The van der Waals surface area contributed by atoms with E-state index in [1.165, 1.54) is 12.0 Å². The molecule has 12 nitrogen and oxygen atoms in total. The van der Waals surface area contributed by atoms with Gasteiger partial charge in [-0.3, -0.25) is 19.3 Å². The zero-order valence-electron chi connectivity index (χ0n) is 24.7. The van der Waals surface area contributed by atoms with Gasteiger partial charge in [0.05, 0.1) is 18.7 Å². The first-order valence-electron chi connectivity index (χ1n) is 14.1. The Kier molecular flexibility index (Phi) is 7.99. The van der Waals surface area contributed by atoms with Gasteiger partial charge in [-0.05, 0) is 63.0 Å². The number of ether oxygens (including phenoxy) is 1. The highest BCUT2D eigenvalue weighted by Gasteiger charge is 2.63. The Labute approximate surface area is 252 Å². The second-order valence-corrected chi connectivity index (χ2v) is 11.8. The topological polar surface area (TPSA) is 196 Å². The molecule has 3 aliphatic carbocycles. The minimum atomic E-state index is -2.74. The number of rotatable bonds is 8. The predicted molar refractivity (Wildman–Crippen MR) is 156 cm³/mol. The highest BCUT2D eigenvalue weighted by molar-refractivity contribution is 6.25. The monoisotopic (exact) mass is 610 g/mol. The van der Waals surface area contributed by atoms with Gasteiger partial charge in [0.1, 0.15) is 29.5 Å². The molecule has 0 aliphatic heterocycles. The molecule has 0 radical (unpaired) electrons. The number of aromatic hydroxyl groups is 1. The number of benzene rings is 1. The number of aliphatic hydroxyl groups is 3. The molecule has 5 atom stereocenters. The van der Waals surface area contributed by atoms with Crippen LogP contribution in [0.25, 0.3) is 11.1 Å². The molecular weight excluding hydrogens is 575 g/mol. The molecule has 0 saturated carbocycles. The number of ketones is 2. The third-order valence-electron chi connectivity index (χ3n) is 8.93. The first kappa shape index (κ1) is 31.1. The number of carbonyl (C=O) groups excluding carboxylic acids is 3. The van der Waals surface area contributed by atoms with E-state index in [0.29, 0.717) is 22.6 Å². The van der Waals surface area contributed by atoms with Crippen LogP contribution in [0.3, 0.4) is 0 Å². The van der Waals surface area contributed by atoms with Gasteiger partial charge in [-0.2, -0.15) is 0 Å². The lowest BCUT2D eigenvalue weighted by Crippen LogP contribution is -2.63. The summed E-state index contributed by atoms with van der Waals surface area (Å²) in [5.74, 6) is -6.89. The number of aromatic nitrogens is 1. The van der Waals surface area contributed by atoms with Gasteiger partial charge in [0.2, 0.25) is 11.7 Å². The third kappa shape index (κ3) is 4.62. The third-order valence-corrected chi connectivity index (χ3v) is 8.93. The van der Waals surface area contributed by atoms with Crippen molar-refractivity contribution >= 4 is 17.5 Å². The molecule has 5 rings (SSSR count). The van der Waals surface area contributed by atoms with Crippen molar-refractivity contribution in [3.05, 3.63) is 63.8 Å². The normalized spacial score (nSPS) is 25.5. The summed E-state index contributed by atoms with van der Waals surface area (Å²) in [5, 5.41) is 48.7. The molecule has 7 N–H and O–H groups in total. The number of hydrogen-bond acceptors (Lipinski definition) is 11. The Morgan fingerprint density at radius 2 is 1.98 bits per heavy atom. The van der Waals surface area contributed by atoms with Crippen LogP contribution in [0.15, 0.2) is 47.1 Å². The summed E-state index contributed by atoms with van der Waals surface area (Å²) in [7, 11) is 4.61. The molecule has 1 aromatic heterocycles. The minimum Gasteiger partial charge on any atom is -0.510 e. The van der Waals surface area contributed by atoms with Crippen molar-refractivity contribution in [3.8, 4) is 22.8 Å². The van der Waals surface area contributed by atoms with Crippen molar-refractivity contribution in [1.29, 1.82) is 0 Å². The summed E-state index contributed by atoms with van der Waals surface area (Å²) in [6.45, 7) is 0.960. The summed E-state index contributed by atoms with van der Waals surface area (Å²) < 4.78 is 18.4. The second kappa shape index (κ2) is 11.3. The van der Waals surface area contributed by atoms with Crippen molar-refractivity contribution in [1.82, 2.24) is 15.2 Å². The number of amides is 1. The first-order chi connectivity index (χ1) is 20.8. The Morgan fingerprint density at radius 1 is 1.27 bits per heavy atom. The maximum absolute atomic E-state index is 14.3. The molecule has 5 unspecified atom stereocenters. The van der Waals surface area contributed by atoms with E-state index in [1.54, 1.807) is 45.4 Å². The number of phenols is 1. The fraction of sp³-hybridized carbons (Fsp3) is 0.419. The lowest BCUT2D eigenvalue weighted by molar-refractivity contribution is -0.148. The number of primary amides is 1. The molecule has 0 saturated heterocycles. The molecule has 44 heavy (non-hydrogen) atoms. The van der Waals surface area contributed by atoms with Crippen molar-refractivity contribution in [2.24, 2.45) is 17.6 Å². The van der Waals surface area contributed by atoms with Gasteiger partial charge in [0.15, 0.2) is 11.4 Å². The predicted octanol–water partition coefficient (Wildman–Crippen LogP) is 1.64. The minimum absolute atomic E-state index is 0.00355. The van der Waals surface area contributed by atoms with E-state index in [4.69, 9.17) is 10.5 Å². The Morgan fingerprint density at radius 3 is 2.55 bits per heavy atom. The standard InChI is InChI=1S/C31H35FN4O8/c1-13(10-32)34-12-16-8-17(14-5-6-20(44-4)35-11-14)18-7-15-9-19-24(36(2)3)27(39)23(30(33)42)29(41)31(19,43)28(40)21(15)26(38)22(18)25(16)37/h5-6,8,11,13,15,19,24,34,37,39-40,43H,7,9-10,12H2,1-4H3,(H2,33,42). The average molecular weight is 611 g/mol. The molecule has 2 aromatic rings. The number of halogens is 1. The molecule has 3 aliphatic rings. The van der Waals surface area contributed by atoms with Crippen molar-refractivity contribution in [2.75, 3.05) is 27.9 Å². The van der Waals surface area contributed by atoms with E-state index in [0.717, 1.165) is 0 Å². The summed E-state index contributed by atoms with van der Waals surface area (Å²) in [6, 6.07) is 3.43. The molecule has 0 bridgehead atoms. The van der Waals surface area contributed by atoms with Crippen molar-refractivity contribution in [2.45, 2.75) is 44.0 Å². The van der Waals surface area contributed by atoms with Crippen molar-refractivity contribution < 1.29 is 43.9 Å². The van der Waals surface area contributed by atoms with Gasteiger partial charge in [-0.1, -0.05) is 0 Å². The zero-order valence-corrected chi connectivity index (χ0v) is 24.7. The van der Waals surface area contributed by atoms with Crippen LogP contribution in [0.2, 0.25) is 0 Å². The van der Waals surface area contributed by atoms with Crippen LogP contribution in [-0.4, -0.2) is 93.3 Å². The van der Waals surface area contributed by atoms with E-state index in [-0.39, 0.29) is 36.1 Å². The molecule has 234 valence electrons. The van der Waals surface area contributed by atoms with Crippen LogP contribution >= 0.6 is 0 Å². The van der Waals surface area contributed by atoms with E-state index in [1.807, 2.05) is 0 Å². The second-order valence-electron chi connectivity index (χ2n) is 11.8. The number of alkyl halides is 1. The quantitative estimate of drug-likeness (QED) is 0.238. The lowest BCUT2D eigenvalue weighted by Gasteiger charge is -2.50. The molecular formula is C31H35FN4O8. The number of nitrogens with zero attached hydrogens (tertiary/aromatic N) is 2. The Bertz CT molecular complexity index is 1620. The van der Waals surface area contributed by atoms with Gasteiger partial charge >= 0.3 is 0 Å². The van der Waals surface area contributed by atoms with Gasteiger partial charge < -0.3 is 36.2 Å². The van der Waals surface area contributed by atoms with E-state index < -0.39 is 76.5 Å². The molecule has 13 heteroatoms. The lowest BCUT2D eigenvalue weighted by atomic mass is 9.58. The summed E-state index contributed by atoms with van der Waals surface area (Å²) >= 11 is 0. The van der Waals surface area contributed by atoms with Gasteiger partial charge in [-0.25, -0.2) is 9.37 Å². The maximum Gasteiger partial charge on any atom is 0.255 e. The van der Waals surface area contributed by atoms with Crippen LogP contribution < -0.4 is 15.8 Å². The Hall–Kier alpha value is -4.33. The largest absolute Gasteiger partial charge is 0.510 e. The number of pyridine rings is 1. The molecule has 0 fully saturated rings. The SMILES string of the molecule is COc1ccc(-c2cc(CNC(C)CF)c(O)c3c2CC2CC4C(N(C)C)C(O)=C(C(N)=O)C(=O)C4(O)C(O)=C2C3=O)cn1. The fourth-order valence-corrected chi connectivity index (χ4v) is 6.77. The number of fused-ring (bicyclic) bond motifs is 3. The number of aliphatic hydroxyl groups excluding tert-OH is 2. The number of carbonyl (C=O) groups is 3. The average Bonchev–Trinajstić information content (AvgIpc) is 2.98. The summed E-state index contributed by atoms with van der Waals surface area (Å²) in [4.78, 5) is 45.8. The van der Waals surface area contributed by atoms with Crippen LogP contribution in [0.5, 0.6) is 11.6 Å². The van der Waals surface area contributed by atoms with Crippen LogP contribution in [0, 0.1) is 11.8 Å². The summed E-state index contributed by atoms with van der Waals surface area (Å²) in [5.41, 5.74) is 3.29. The van der Waals surface area contributed by atoms with Gasteiger partial charge in [-0.15, -0.1) is 0 Å². The number of Topliss-reactive ketones (excluding diaryl/α,β-unsaturated/α-hetero) is 2. The smallest absolute Gasteiger partial charge is 0.255 e. The van der Waals surface area contributed by atoms with Crippen molar-refractivity contribution in [3.63, 3.8) is 0 Å². The summed E-state index contributed by atoms with van der Waals surface area (Å²) in [6.07, 6.45) is 1.62. The number of allylic oxidation sites excluding steroid dienone is 1. The van der Waals surface area contributed by atoms with E-state index in [9.17, 15) is 39.2 Å². The molecule has 1 heterocycles. The highest BCUT2D eigenvalue weighted by Crippen LogP contribution is 2.53. The zero-order chi connectivity index (χ0) is 32.2. The van der Waals surface area contributed by atoms with E-state index >= 15 is 0 Å². The van der Waals surface area contributed by atoms with Crippen LogP contribution in [0.1, 0.15) is 34.8 Å². The first-order valence-corrected chi connectivity index (χ1v) is 14.1.